The summed E-state index contributed by atoms with van der Waals surface area (Å²) >= 11 is 6.62. The lowest BCUT2D eigenvalue weighted by Crippen LogP contribution is -1.72. The Morgan fingerprint density at radius 2 is 2.00 bits per heavy atom. The van der Waals surface area contributed by atoms with Crippen LogP contribution in [0.1, 0.15) is 26.2 Å². The highest BCUT2D eigenvalue weighted by Crippen LogP contribution is 2.24. The fourth-order valence-corrected chi connectivity index (χ4v) is 0.871. The Morgan fingerprint density at radius 1 is 1.43 bits per heavy atom. The first-order chi connectivity index (χ1) is 3.27. The molecular formula is C5H9Br2. The van der Waals surface area contributed by atoms with Gasteiger partial charge in [0.1, 0.15) is 3.74 Å². The van der Waals surface area contributed by atoms with Crippen molar-refractivity contribution in [3.63, 3.8) is 0 Å². The lowest BCUT2D eigenvalue weighted by atomic mass is 10.3. The van der Waals surface area contributed by atoms with Gasteiger partial charge in [0.2, 0.25) is 0 Å². The monoisotopic (exact) mass is 227 g/mol. The Hall–Kier alpha value is 0.960. The summed E-state index contributed by atoms with van der Waals surface area (Å²) < 4.78 is 1.18. The third kappa shape index (κ3) is 6.96. The maximum Gasteiger partial charge on any atom is 0.105 e. The lowest BCUT2D eigenvalue weighted by molar-refractivity contribution is 0.803. The van der Waals surface area contributed by atoms with Crippen molar-refractivity contribution in [3.05, 3.63) is 3.74 Å². The van der Waals surface area contributed by atoms with Gasteiger partial charge in [-0.2, -0.15) is 0 Å². The van der Waals surface area contributed by atoms with Gasteiger partial charge in [-0.05, 0) is 6.42 Å². The molecule has 0 nitrogen and oxygen atoms in total. The molecule has 0 saturated heterocycles. The summed E-state index contributed by atoms with van der Waals surface area (Å²) in [5.74, 6) is 0. The van der Waals surface area contributed by atoms with Crippen LogP contribution in [0, 0.1) is 3.74 Å². The fraction of sp³-hybridized carbons (Fsp3) is 0.800. The zero-order chi connectivity index (χ0) is 5.70. The van der Waals surface area contributed by atoms with E-state index in [4.69, 9.17) is 0 Å². The number of hydrogen-bond acceptors (Lipinski definition) is 0. The molecule has 0 unspecified atom stereocenters. The summed E-state index contributed by atoms with van der Waals surface area (Å²) in [7, 11) is 0. The molecule has 0 aromatic heterocycles. The minimum Gasteiger partial charge on any atom is -0.0702 e. The Bertz CT molecular complexity index is 35.1. The van der Waals surface area contributed by atoms with Crippen molar-refractivity contribution >= 4 is 31.9 Å². The van der Waals surface area contributed by atoms with Crippen LogP contribution in [-0.2, 0) is 0 Å². The normalized spacial score (nSPS) is 10.3. The Morgan fingerprint density at radius 3 is 2.14 bits per heavy atom. The molecule has 1 radical (unpaired) electrons. The highest BCUT2D eigenvalue weighted by atomic mass is 79.9. The van der Waals surface area contributed by atoms with Crippen molar-refractivity contribution in [2.24, 2.45) is 0 Å². The van der Waals surface area contributed by atoms with Crippen molar-refractivity contribution < 1.29 is 0 Å². The minimum atomic E-state index is 1.15. The smallest absolute Gasteiger partial charge is 0.0702 e. The second kappa shape index (κ2) is 5.10. The van der Waals surface area contributed by atoms with E-state index in [0.29, 0.717) is 0 Å². The summed E-state index contributed by atoms with van der Waals surface area (Å²) in [5, 5.41) is 0. The quantitative estimate of drug-likeness (QED) is 0.694. The predicted molar refractivity (Wildman–Crippen MR) is 40.6 cm³/mol. The molecule has 0 spiro atoms. The summed E-state index contributed by atoms with van der Waals surface area (Å²) in [5.41, 5.74) is 0. The third-order valence-electron chi connectivity index (χ3n) is 0.719. The zero-order valence-electron chi connectivity index (χ0n) is 4.38. The molecule has 0 aromatic carbocycles. The largest absolute Gasteiger partial charge is 0.105 e. The first-order valence-corrected chi connectivity index (χ1v) is 4.02. The van der Waals surface area contributed by atoms with E-state index >= 15 is 0 Å². The maximum absolute atomic E-state index is 3.31. The van der Waals surface area contributed by atoms with E-state index in [-0.39, 0.29) is 0 Å². The van der Waals surface area contributed by atoms with Gasteiger partial charge >= 0.3 is 0 Å². The Balaban J connectivity index is 2.68. The minimum absolute atomic E-state index is 1.15. The molecule has 0 fully saturated rings. The summed E-state index contributed by atoms with van der Waals surface area (Å²) in [6, 6.07) is 0. The van der Waals surface area contributed by atoms with Crippen molar-refractivity contribution in [1.29, 1.82) is 0 Å². The molecule has 0 bridgehead atoms. The lowest BCUT2D eigenvalue weighted by Gasteiger charge is -1.93. The second-order valence-electron chi connectivity index (χ2n) is 1.44. The number of unbranched alkanes of at least 4 members (excludes halogenated alkanes) is 1. The molecule has 0 heterocycles. The fourth-order valence-electron chi connectivity index (χ4n) is 0.310. The van der Waals surface area contributed by atoms with Crippen molar-refractivity contribution in [2.45, 2.75) is 26.2 Å². The van der Waals surface area contributed by atoms with E-state index in [9.17, 15) is 0 Å². The predicted octanol–water partition coefficient (Wildman–Crippen LogP) is 3.46. The van der Waals surface area contributed by atoms with Crippen LogP contribution in [0.4, 0.5) is 0 Å². The van der Waals surface area contributed by atoms with Crippen molar-refractivity contribution in [1.82, 2.24) is 0 Å². The first-order valence-electron chi connectivity index (χ1n) is 2.44. The van der Waals surface area contributed by atoms with Crippen LogP contribution < -0.4 is 0 Å². The molecule has 7 heavy (non-hydrogen) atoms. The van der Waals surface area contributed by atoms with E-state index in [1.54, 1.807) is 0 Å². The van der Waals surface area contributed by atoms with Crippen molar-refractivity contribution in [2.75, 3.05) is 0 Å². The van der Waals surface area contributed by atoms with Gasteiger partial charge in [0.15, 0.2) is 0 Å². The molecule has 0 aliphatic heterocycles. The molecule has 0 atom stereocenters. The van der Waals surface area contributed by atoms with Gasteiger partial charge in [-0.3, -0.25) is 0 Å². The molecule has 0 aliphatic carbocycles. The number of rotatable bonds is 3. The van der Waals surface area contributed by atoms with Crippen LogP contribution in [0.15, 0.2) is 0 Å². The average Bonchev–Trinajstić information content (AvgIpc) is 1.61. The van der Waals surface area contributed by atoms with Gasteiger partial charge in [-0.1, -0.05) is 51.6 Å². The van der Waals surface area contributed by atoms with E-state index in [2.05, 4.69) is 38.8 Å². The highest BCUT2D eigenvalue weighted by molar-refractivity contribution is 9.27. The molecule has 0 saturated carbocycles. The van der Waals surface area contributed by atoms with Gasteiger partial charge in [0.25, 0.3) is 0 Å². The average molecular weight is 229 g/mol. The van der Waals surface area contributed by atoms with Crippen molar-refractivity contribution in [3.8, 4) is 0 Å². The zero-order valence-corrected chi connectivity index (χ0v) is 7.55. The summed E-state index contributed by atoms with van der Waals surface area (Å²) in [6.07, 6.45) is 3.68. The Labute approximate surface area is 61.9 Å². The van der Waals surface area contributed by atoms with Crippen LogP contribution >= 0.6 is 31.9 Å². The SMILES string of the molecule is CCCC[C](Br)Br. The standard InChI is InChI=1S/C5H9Br2/c1-2-3-4-5(6)7/h2-4H2,1H3. The van der Waals surface area contributed by atoms with Crippen LogP contribution in [-0.4, -0.2) is 0 Å². The molecular weight excluding hydrogens is 220 g/mol. The van der Waals surface area contributed by atoms with Crippen LogP contribution in [0.3, 0.4) is 0 Å². The third-order valence-corrected chi connectivity index (χ3v) is 1.51. The van der Waals surface area contributed by atoms with Gasteiger partial charge in [-0.15, -0.1) is 0 Å². The molecule has 0 rings (SSSR count). The maximum atomic E-state index is 3.31. The molecule has 43 valence electrons. The second-order valence-corrected chi connectivity index (χ2v) is 4.42. The molecule has 0 amide bonds. The number of halogens is 2. The number of hydrogen-bond donors (Lipinski definition) is 0. The summed E-state index contributed by atoms with van der Waals surface area (Å²) in [4.78, 5) is 0. The van der Waals surface area contributed by atoms with Crippen LogP contribution in [0.25, 0.3) is 0 Å². The van der Waals surface area contributed by atoms with E-state index in [1.165, 1.54) is 16.6 Å². The van der Waals surface area contributed by atoms with Gasteiger partial charge < -0.3 is 0 Å². The topological polar surface area (TPSA) is 0 Å². The highest BCUT2D eigenvalue weighted by Gasteiger charge is 1.94. The molecule has 0 N–H and O–H groups in total. The molecule has 2 heteroatoms. The molecule has 0 aromatic rings. The van der Waals surface area contributed by atoms with E-state index in [1.807, 2.05) is 0 Å². The Kier molecular flexibility index (Phi) is 5.80. The van der Waals surface area contributed by atoms with Gasteiger partial charge in [-0.25, -0.2) is 0 Å². The molecule has 0 aliphatic rings. The summed E-state index contributed by atoms with van der Waals surface area (Å²) in [6.45, 7) is 2.18. The van der Waals surface area contributed by atoms with Crippen LogP contribution in [0.5, 0.6) is 0 Å². The van der Waals surface area contributed by atoms with E-state index < -0.39 is 0 Å². The van der Waals surface area contributed by atoms with E-state index in [0.717, 1.165) is 6.42 Å². The van der Waals surface area contributed by atoms with Gasteiger partial charge in [0.05, 0.1) is 0 Å². The van der Waals surface area contributed by atoms with Crippen LogP contribution in [0.2, 0.25) is 0 Å². The first kappa shape index (κ1) is 7.96. The van der Waals surface area contributed by atoms with Gasteiger partial charge in [0, 0.05) is 0 Å².